The van der Waals surface area contributed by atoms with Crippen LogP contribution in [0.25, 0.3) is 0 Å². The molecule has 0 bridgehead atoms. The van der Waals surface area contributed by atoms with Crippen molar-refractivity contribution in [3.05, 3.63) is 24.3 Å². The number of benzene rings is 1. The van der Waals surface area contributed by atoms with Gasteiger partial charge in [-0.1, -0.05) is 12.1 Å². The molecule has 112 valence electrons. The molecule has 0 aromatic heterocycles. The van der Waals surface area contributed by atoms with Gasteiger partial charge in [0, 0.05) is 7.05 Å². The van der Waals surface area contributed by atoms with Crippen LogP contribution in [-0.2, 0) is 14.6 Å². The van der Waals surface area contributed by atoms with Crippen molar-refractivity contribution < 1.29 is 31.5 Å². The average molecular weight is 311 g/mol. The number of hydrogen-bond donors (Lipinski definition) is 1. The molecular weight excluding hydrogens is 299 g/mol. The molecule has 1 rings (SSSR count). The average Bonchev–Trinajstić information content (AvgIpc) is 2.35. The zero-order valence-electron chi connectivity index (χ0n) is 10.5. The van der Waals surface area contributed by atoms with Crippen molar-refractivity contribution in [1.29, 1.82) is 0 Å². The number of carbonyl (C=O) groups is 1. The molecule has 0 radical (unpaired) electrons. The Balaban J connectivity index is 3.43. The zero-order chi connectivity index (χ0) is 15.7. The van der Waals surface area contributed by atoms with Crippen LogP contribution in [0.3, 0.4) is 0 Å². The van der Waals surface area contributed by atoms with Gasteiger partial charge in [0.15, 0.2) is 0 Å². The molecule has 1 unspecified atom stereocenters. The lowest BCUT2D eigenvalue weighted by Crippen LogP contribution is -2.37. The number of anilines is 1. The highest BCUT2D eigenvalue weighted by atomic mass is 32.2. The van der Waals surface area contributed by atoms with E-state index in [1.165, 1.54) is 20.0 Å². The number of carboxylic acid groups (broad SMARTS) is 1. The minimum atomic E-state index is -5.55. The third-order valence-electron chi connectivity index (χ3n) is 2.78. The van der Waals surface area contributed by atoms with Gasteiger partial charge in [0.25, 0.3) is 9.84 Å². The van der Waals surface area contributed by atoms with Gasteiger partial charge in [-0.15, -0.1) is 0 Å². The molecule has 0 aliphatic heterocycles. The van der Waals surface area contributed by atoms with Crippen molar-refractivity contribution in [2.75, 3.05) is 11.9 Å². The normalized spacial score (nSPS) is 13.8. The largest absolute Gasteiger partial charge is 0.501 e. The van der Waals surface area contributed by atoms with Crippen LogP contribution in [-0.4, -0.2) is 38.1 Å². The number of hydrogen-bond acceptors (Lipinski definition) is 4. The summed E-state index contributed by atoms with van der Waals surface area (Å²) in [4.78, 5) is 10.8. The summed E-state index contributed by atoms with van der Waals surface area (Å²) < 4.78 is 60.7. The summed E-state index contributed by atoms with van der Waals surface area (Å²) in [5.74, 6) is -1.29. The summed E-state index contributed by atoms with van der Waals surface area (Å²) in [5, 5.41) is 8.85. The summed E-state index contributed by atoms with van der Waals surface area (Å²) in [5.41, 5.74) is -5.77. The third kappa shape index (κ3) is 2.87. The van der Waals surface area contributed by atoms with E-state index < -0.39 is 32.3 Å². The second-order valence-corrected chi connectivity index (χ2v) is 5.95. The first-order chi connectivity index (χ1) is 9.00. The van der Waals surface area contributed by atoms with E-state index in [1.54, 1.807) is 0 Å². The van der Waals surface area contributed by atoms with Gasteiger partial charge in [-0.2, -0.15) is 13.2 Å². The summed E-state index contributed by atoms with van der Waals surface area (Å²) in [6, 6.07) is 3.21. The van der Waals surface area contributed by atoms with Crippen molar-refractivity contribution in [3.8, 4) is 0 Å². The van der Waals surface area contributed by atoms with E-state index >= 15 is 0 Å². The quantitative estimate of drug-likeness (QED) is 0.919. The molecule has 1 aromatic carbocycles. The van der Waals surface area contributed by atoms with Crippen LogP contribution in [0.1, 0.15) is 6.92 Å². The Bertz CT molecular complexity index is 612. The fourth-order valence-corrected chi connectivity index (χ4v) is 2.47. The predicted octanol–water partition coefficient (Wildman–Crippen LogP) is 1.89. The minimum absolute atomic E-state index is 0.320. The van der Waals surface area contributed by atoms with E-state index in [0.29, 0.717) is 0 Å². The summed E-state index contributed by atoms with van der Waals surface area (Å²) >= 11 is 0. The van der Waals surface area contributed by atoms with Crippen LogP contribution >= 0.6 is 0 Å². The van der Waals surface area contributed by atoms with Gasteiger partial charge in [0.2, 0.25) is 0 Å². The number of nitrogens with zero attached hydrogens (tertiary/aromatic N) is 1. The van der Waals surface area contributed by atoms with Gasteiger partial charge in [-0.05, 0) is 19.1 Å². The lowest BCUT2D eigenvalue weighted by Gasteiger charge is -2.26. The first-order valence-electron chi connectivity index (χ1n) is 5.36. The maximum Gasteiger partial charge on any atom is 0.501 e. The molecule has 5 nitrogen and oxygen atoms in total. The van der Waals surface area contributed by atoms with Crippen LogP contribution < -0.4 is 4.90 Å². The molecule has 0 saturated heterocycles. The van der Waals surface area contributed by atoms with E-state index in [4.69, 9.17) is 5.11 Å². The molecule has 0 fully saturated rings. The standard InChI is InChI=1S/C11H12F3NO4S/c1-7(10(16)17)15(2)8-5-3-4-6-9(8)20(18,19)11(12,13)14/h3-7H,1-2H3,(H,16,17). The van der Waals surface area contributed by atoms with Gasteiger partial charge >= 0.3 is 11.5 Å². The maximum atomic E-state index is 12.6. The van der Waals surface area contributed by atoms with Crippen molar-refractivity contribution in [2.45, 2.75) is 23.4 Å². The van der Waals surface area contributed by atoms with E-state index in [9.17, 15) is 26.4 Å². The molecule has 1 aromatic rings. The number of halogens is 3. The molecule has 9 heteroatoms. The highest BCUT2D eigenvalue weighted by molar-refractivity contribution is 7.92. The lowest BCUT2D eigenvalue weighted by atomic mass is 10.2. The van der Waals surface area contributed by atoms with Crippen LogP contribution in [0, 0.1) is 0 Å². The fraction of sp³-hybridized carbons (Fsp3) is 0.364. The van der Waals surface area contributed by atoms with Crippen molar-refractivity contribution in [1.82, 2.24) is 0 Å². The van der Waals surface area contributed by atoms with E-state index in [0.717, 1.165) is 23.1 Å². The SMILES string of the molecule is CC(C(=O)O)N(C)c1ccccc1S(=O)(=O)C(F)(F)F. The molecule has 0 aliphatic rings. The van der Waals surface area contributed by atoms with Crippen LogP contribution in [0.4, 0.5) is 18.9 Å². The van der Waals surface area contributed by atoms with Crippen LogP contribution in [0.5, 0.6) is 0 Å². The van der Waals surface area contributed by atoms with E-state index in [1.807, 2.05) is 0 Å². The predicted molar refractivity (Wildman–Crippen MR) is 65.2 cm³/mol. The second kappa shape index (κ2) is 5.31. The number of rotatable bonds is 4. The van der Waals surface area contributed by atoms with Gasteiger partial charge in [-0.3, -0.25) is 0 Å². The molecule has 0 aliphatic carbocycles. The Labute approximate surface area is 113 Å². The summed E-state index contributed by atoms with van der Waals surface area (Å²) in [6.07, 6.45) is 0. The highest BCUT2D eigenvalue weighted by Gasteiger charge is 2.48. The Morgan fingerprint density at radius 2 is 1.80 bits per heavy atom. The Morgan fingerprint density at radius 3 is 2.25 bits per heavy atom. The highest BCUT2D eigenvalue weighted by Crippen LogP contribution is 2.35. The third-order valence-corrected chi connectivity index (χ3v) is 4.31. The van der Waals surface area contributed by atoms with E-state index in [-0.39, 0.29) is 5.69 Å². The van der Waals surface area contributed by atoms with Crippen molar-refractivity contribution in [3.63, 3.8) is 0 Å². The maximum absolute atomic E-state index is 12.6. The Hall–Kier alpha value is -1.77. The lowest BCUT2D eigenvalue weighted by molar-refractivity contribution is -0.138. The Kier molecular flexibility index (Phi) is 4.33. The Morgan fingerprint density at radius 1 is 1.30 bits per heavy atom. The summed E-state index contributed by atoms with van der Waals surface area (Å²) in [6.45, 7) is 1.24. The number of carboxylic acids is 1. The number of sulfone groups is 1. The second-order valence-electron chi connectivity index (χ2n) is 4.04. The van der Waals surface area contributed by atoms with Gasteiger partial charge in [0.05, 0.1) is 10.6 Å². The minimum Gasteiger partial charge on any atom is -0.480 e. The first kappa shape index (κ1) is 16.3. The van der Waals surface area contributed by atoms with Crippen LogP contribution in [0.15, 0.2) is 29.2 Å². The van der Waals surface area contributed by atoms with Crippen molar-refractivity contribution >= 4 is 21.5 Å². The molecule has 1 atom stereocenters. The monoisotopic (exact) mass is 311 g/mol. The number of para-hydroxylation sites is 1. The smallest absolute Gasteiger partial charge is 0.480 e. The molecular formula is C11H12F3NO4S. The molecule has 0 heterocycles. The number of alkyl halides is 3. The number of likely N-dealkylation sites (N-methyl/N-ethyl adjacent to an activating group) is 1. The van der Waals surface area contributed by atoms with Gasteiger partial charge < -0.3 is 10.0 Å². The van der Waals surface area contributed by atoms with Crippen molar-refractivity contribution in [2.24, 2.45) is 0 Å². The molecule has 0 saturated carbocycles. The zero-order valence-corrected chi connectivity index (χ0v) is 11.4. The van der Waals surface area contributed by atoms with Crippen LogP contribution in [0.2, 0.25) is 0 Å². The molecule has 20 heavy (non-hydrogen) atoms. The number of aliphatic carboxylic acids is 1. The molecule has 0 amide bonds. The fourth-order valence-electron chi connectivity index (χ4n) is 1.47. The summed E-state index contributed by atoms with van der Waals surface area (Å²) in [7, 11) is -4.33. The van der Waals surface area contributed by atoms with Gasteiger partial charge in [0.1, 0.15) is 6.04 Å². The molecule has 1 N–H and O–H groups in total. The molecule has 0 spiro atoms. The van der Waals surface area contributed by atoms with Gasteiger partial charge in [-0.25, -0.2) is 13.2 Å². The topological polar surface area (TPSA) is 74.7 Å². The first-order valence-corrected chi connectivity index (χ1v) is 6.84. The van der Waals surface area contributed by atoms with E-state index in [2.05, 4.69) is 0 Å².